The Kier molecular flexibility index (Phi) is 3.27. The molecular weight excluding hydrogens is 270 g/mol. The molecule has 1 heterocycles. The molecule has 0 atom stereocenters. The van der Waals surface area contributed by atoms with E-state index >= 15 is 0 Å². The maximum Gasteiger partial charge on any atom is 0.0610 e. The summed E-state index contributed by atoms with van der Waals surface area (Å²) in [7, 11) is 0. The third kappa shape index (κ3) is 3.16. The van der Waals surface area contributed by atoms with E-state index in [1.807, 2.05) is 31.3 Å². The maximum atomic E-state index is 4.15. The Labute approximate surface area is 82.8 Å². The summed E-state index contributed by atoms with van der Waals surface area (Å²) >= 11 is 6.56. The van der Waals surface area contributed by atoms with Crippen molar-refractivity contribution < 1.29 is 0 Å². The molecular formula is C8H7Br2N. The third-order valence-electron chi connectivity index (χ3n) is 1.21. The van der Waals surface area contributed by atoms with Gasteiger partial charge in [0.05, 0.1) is 3.39 Å². The average molecular weight is 277 g/mol. The molecule has 0 amide bonds. The number of hydrogen-bond acceptors (Lipinski definition) is 1. The lowest BCUT2D eigenvalue weighted by atomic mass is 10.2. The second kappa shape index (κ2) is 4.02. The van der Waals surface area contributed by atoms with Gasteiger partial charge in [-0.25, -0.2) is 0 Å². The van der Waals surface area contributed by atoms with Crippen LogP contribution in [0.1, 0.15) is 11.3 Å². The highest BCUT2D eigenvalue weighted by Crippen LogP contribution is 2.17. The highest BCUT2D eigenvalue weighted by molar-refractivity contribution is 9.28. The van der Waals surface area contributed by atoms with Crippen molar-refractivity contribution in [2.75, 3.05) is 0 Å². The summed E-state index contributed by atoms with van der Waals surface area (Å²) in [5.41, 5.74) is 2.12. The molecule has 0 N–H and O–H groups in total. The van der Waals surface area contributed by atoms with Gasteiger partial charge in [0.15, 0.2) is 0 Å². The van der Waals surface area contributed by atoms with Gasteiger partial charge in [0.25, 0.3) is 0 Å². The van der Waals surface area contributed by atoms with Crippen molar-refractivity contribution in [1.29, 1.82) is 0 Å². The fourth-order valence-corrected chi connectivity index (χ4v) is 1.22. The van der Waals surface area contributed by atoms with Crippen molar-refractivity contribution in [1.82, 2.24) is 4.98 Å². The summed E-state index contributed by atoms with van der Waals surface area (Å²) in [6, 6.07) is 4.00. The van der Waals surface area contributed by atoms with Crippen LogP contribution >= 0.6 is 31.9 Å². The summed E-state index contributed by atoms with van der Waals surface area (Å²) < 4.78 is 0.927. The van der Waals surface area contributed by atoms with E-state index in [0.717, 1.165) is 14.6 Å². The standard InChI is InChI=1S/C8H7Br2N/c1-6-2-3-7(5-11-6)4-8(9)10/h2-5H,1H3. The largest absolute Gasteiger partial charge is 0.261 e. The molecule has 0 saturated carbocycles. The predicted octanol–water partition coefficient (Wildman–Crippen LogP) is 3.48. The monoisotopic (exact) mass is 275 g/mol. The van der Waals surface area contributed by atoms with Crippen molar-refractivity contribution in [2.45, 2.75) is 6.92 Å². The number of rotatable bonds is 1. The SMILES string of the molecule is Cc1ccc(C=C(Br)Br)cn1. The quantitative estimate of drug-likeness (QED) is 0.765. The topological polar surface area (TPSA) is 12.9 Å². The first-order valence-corrected chi connectivity index (χ1v) is 4.72. The molecule has 58 valence electrons. The van der Waals surface area contributed by atoms with Gasteiger partial charge in [0, 0.05) is 11.9 Å². The zero-order chi connectivity index (χ0) is 8.27. The molecule has 11 heavy (non-hydrogen) atoms. The Balaban J connectivity index is 2.91. The minimum atomic E-state index is 0.927. The molecule has 0 spiro atoms. The lowest BCUT2D eigenvalue weighted by Crippen LogP contribution is -1.79. The Morgan fingerprint density at radius 2 is 2.18 bits per heavy atom. The lowest BCUT2D eigenvalue weighted by molar-refractivity contribution is 1.19. The molecule has 3 heteroatoms. The molecule has 0 saturated heterocycles. The second-order valence-electron chi connectivity index (χ2n) is 2.17. The van der Waals surface area contributed by atoms with Crippen LogP contribution in [0.15, 0.2) is 21.7 Å². The number of halogens is 2. The van der Waals surface area contributed by atoms with Crippen LogP contribution in [-0.4, -0.2) is 4.98 Å². The molecule has 0 fully saturated rings. The van der Waals surface area contributed by atoms with Gasteiger partial charge in [-0.1, -0.05) is 6.07 Å². The van der Waals surface area contributed by atoms with Crippen LogP contribution in [0.3, 0.4) is 0 Å². The van der Waals surface area contributed by atoms with E-state index in [1.165, 1.54) is 0 Å². The predicted molar refractivity (Wildman–Crippen MR) is 54.8 cm³/mol. The van der Waals surface area contributed by atoms with E-state index in [4.69, 9.17) is 0 Å². The molecule has 0 aliphatic carbocycles. The Bertz CT molecular complexity index is 260. The van der Waals surface area contributed by atoms with Crippen LogP contribution in [-0.2, 0) is 0 Å². The van der Waals surface area contributed by atoms with Crippen LogP contribution in [0.2, 0.25) is 0 Å². The summed E-state index contributed by atoms with van der Waals surface area (Å²) in [6.45, 7) is 1.97. The molecule has 0 bridgehead atoms. The van der Waals surface area contributed by atoms with E-state index in [0.29, 0.717) is 0 Å². The van der Waals surface area contributed by atoms with Crippen LogP contribution in [0.25, 0.3) is 6.08 Å². The molecule has 0 aliphatic heterocycles. The van der Waals surface area contributed by atoms with Gasteiger partial charge in [0.2, 0.25) is 0 Å². The molecule has 0 unspecified atom stereocenters. The Morgan fingerprint density at radius 3 is 2.64 bits per heavy atom. The van der Waals surface area contributed by atoms with Gasteiger partial charge < -0.3 is 0 Å². The Hall–Kier alpha value is -0.150. The van der Waals surface area contributed by atoms with Crippen LogP contribution in [0.4, 0.5) is 0 Å². The third-order valence-corrected chi connectivity index (χ3v) is 1.67. The van der Waals surface area contributed by atoms with Gasteiger partial charge in [-0.05, 0) is 56.5 Å². The molecule has 1 nitrogen and oxygen atoms in total. The minimum Gasteiger partial charge on any atom is -0.261 e. The van der Waals surface area contributed by atoms with Crippen molar-refractivity contribution in [3.8, 4) is 0 Å². The van der Waals surface area contributed by atoms with Crippen LogP contribution in [0, 0.1) is 6.92 Å². The highest BCUT2D eigenvalue weighted by atomic mass is 79.9. The van der Waals surface area contributed by atoms with Gasteiger partial charge in [-0.2, -0.15) is 0 Å². The number of hydrogen-bond donors (Lipinski definition) is 0. The zero-order valence-corrected chi connectivity index (χ0v) is 9.18. The zero-order valence-electron chi connectivity index (χ0n) is 6.01. The number of aromatic nitrogens is 1. The second-order valence-corrected chi connectivity index (χ2v) is 4.94. The highest BCUT2D eigenvalue weighted by Gasteiger charge is 1.88. The number of nitrogens with zero attached hydrogens (tertiary/aromatic N) is 1. The van der Waals surface area contributed by atoms with Crippen molar-refractivity contribution >= 4 is 37.9 Å². The molecule has 1 aromatic rings. The molecule has 0 aliphatic rings. The first-order valence-electron chi connectivity index (χ1n) is 3.14. The lowest BCUT2D eigenvalue weighted by Gasteiger charge is -1.93. The van der Waals surface area contributed by atoms with Crippen molar-refractivity contribution in [3.63, 3.8) is 0 Å². The molecule has 0 aromatic carbocycles. The first kappa shape index (κ1) is 8.94. The molecule has 0 radical (unpaired) electrons. The van der Waals surface area contributed by atoms with E-state index < -0.39 is 0 Å². The van der Waals surface area contributed by atoms with E-state index in [9.17, 15) is 0 Å². The van der Waals surface area contributed by atoms with E-state index in [1.54, 1.807) is 0 Å². The van der Waals surface area contributed by atoms with Gasteiger partial charge in [-0.3, -0.25) is 4.98 Å². The van der Waals surface area contributed by atoms with Gasteiger partial charge in [-0.15, -0.1) is 0 Å². The normalized spacial score (nSPS) is 9.36. The van der Waals surface area contributed by atoms with Crippen LogP contribution in [0.5, 0.6) is 0 Å². The fraction of sp³-hybridized carbons (Fsp3) is 0.125. The van der Waals surface area contributed by atoms with E-state index in [2.05, 4.69) is 36.8 Å². The minimum absolute atomic E-state index is 0.927. The maximum absolute atomic E-state index is 4.15. The first-order chi connectivity index (χ1) is 5.18. The van der Waals surface area contributed by atoms with Crippen LogP contribution < -0.4 is 0 Å². The molecule has 1 rings (SSSR count). The van der Waals surface area contributed by atoms with Gasteiger partial charge in [0.1, 0.15) is 0 Å². The Morgan fingerprint density at radius 1 is 1.45 bits per heavy atom. The smallest absolute Gasteiger partial charge is 0.0610 e. The van der Waals surface area contributed by atoms with E-state index in [-0.39, 0.29) is 0 Å². The van der Waals surface area contributed by atoms with Gasteiger partial charge >= 0.3 is 0 Å². The summed E-state index contributed by atoms with van der Waals surface area (Å²) in [5.74, 6) is 0. The summed E-state index contributed by atoms with van der Waals surface area (Å²) in [4.78, 5) is 4.15. The summed E-state index contributed by atoms with van der Waals surface area (Å²) in [6.07, 6.45) is 3.78. The average Bonchev–Trinajstić information content (AvgIpc) is 1.93. The fourth-order valence-electron chi connectivity index (χ4n) is 0.691. The summed E-state index contributed by atoms with van der Waals surface area (Å²) in [5, 5.41) is 0. The number of pyridine rings is 1. The molecule has 1 aromatic heterocycles. The van der Waals surface area contributed by atoms with Crippen molar-refractivity contribution in [2.24, 2.45) is 0 Å². The number of aryl methyl sites for hydroxylation is 1. The van der Waals surface area contributed by atoms with Crippen molar-refractivity contribution in [3.05, 3.63) is 33.0 Å².